The number of ether oxygens (including phenoxy) is 3. The number of carbonyl (C=O) groups is 2. The van der Waals surface area contributed by atoms with Gasteiger partial charge in [-0.05, 0) is 79.5 Å². The fourth-order valence-corrected chi connectivity index (χ4v) is 8.54. The minimum Gasteiger partial charge on any atom is -0.484 e. The van der Waals surface area contributed by atoms with Crippen molar-refractivity contribution in [3.8, 4) is 11.5 Å². The first-order valence-corrected chi connectivity index (χ1v) is 18.1. The maximum Gasteiger partial charge on any atom is 0.321 e. The largest absolute Gasteiger partial charge is 0.484 e. The van der Waals surface area contributed by atoms with Crippen molar-refractivity contribution in [2.75, 3.05) is 23.6 Å². The number of alkyl halides is 2. The lowest BCUT2D eigenvalue weighted by Crippen LogP contribution is -2.46. The van der Waals surface area contributed by atoms with E-state index in [9.17, 15) is 26.8 Å². The minimum atomic E-state index is -3.58. The predicted molar refractivity (Wildman–Crippen MR) is 180 cm³/mol. The van der Waals surface area contributed by atoms with Gasteiger partial charge in [0.1, 0.15) is 17.6 Å². The van der Waals surface area contributed by atoms with Gasteiger partial charge in [0.25, 0.3) is 5.91 Å². The second kappa shape index (κ2) is 13.9. The van der Waals surface area contributed by atoms with Crippen LogP contribution in [0.1, 0.15) is 66.3 Å². The molecule has 13 heteroatoms. The smallest absolute Gasteiger partial charge is 0.321 e. The number of nitrogens with one attached hydrogen (secondary N) is 3. The predicted octanol–water partition coefficient (Wildman–Crippen LogP) is 6.22. The van der Waals surface area contributed by atoms with E-state index in [1.54, 1.807) is 61.5 Å². The van der Waals surface area contributed by atoms with Crippen molar-refractivity contribution in [1.29, 1.82) is 5.41 Å². The van der Waals surface area contributed by atoms with Gasteiger partial charge in [-0.3, -0.25) is 9.59 Å². The molecule has 1 saturated heterocycles. The molecule has 3 aromatic carbocycles. The fraction of sp³-hybridized carbons (Fsp3) is 0.417. The third kappa shape index (κ3) is 8.27. The average molecular weight is 696 g/mol. The summed E-state index contributed by atoms with van der Waals surface area (Å²) in [5, 5.41) is 13.7. The Bertz CT molecular complexity index is 1860. The van der Waals surface area contributed by atoms with Crippen LogP contribution in [0.2, 0.25) is 0 Å². The molecule has 6 rings (SSSR count). The van der Waals surface area contributed by atoms with E-state index in [-0.39, 0.29) is 35.9 Å². The maximum atomic E-state index is 13.8. The lowest BCUT2D eigenvalue weighted by molar-refractivity contribution is -0.144. The Labute approximate surface area is 284 Å². The molecule has 0 bridgehead atoms. The van der Waals surface area contributed by atoms with E-state index < -0.39 is 33.8 Å². The average Bonchev–Trinajstić information content (AvgIpc) is 3.74. The molecular formula is C36H39F2N3O7S. The van der Waals surface area contributed by atoms with Crippen molar-refractivity contribution in [2.45, 2.75) is 57.8 Å². The van der Waals surface area contributed by atoms with Crippen molar-refractivity contribution < 1.29 is 41.0 Å². The summed E-state index contributed by atoms with van der Waals surface area (Å²) < 4.78 is 68.6. The molecule has 1 amide bonds. The van der Waals surface area contributed by atoms with Gasteiger partial charge in [0.05, 0.1) is 24.2 Å². The summed E-state index contributed by atoms with van der Waals surface area (Å²) in [7, 11) is -2.95. The van der Waals surface area contributed by atoms with Crippen LogP contribution in [-0.2, 0) is 26.0 Å². The number of rotatable bonds is 13. The van der Waals surface area contributed by atoms with Crippen LogP contribution in [0.3, 0.4) is 0 Å². The molecule has 2 heterocycles. The van der Waals surface area contributed by atoms with Crippen LogP contribution in [-0.4, -0.2) is 56.6 Å². The van der Waals surface area contributed by atoms with E-state index in [2.05, 4.69) is 10.6 Å². The van der Waals surface area contributed by atoms with E-state index in [1.165, 1.54) is 0 Å². The molecule has 3 aliphatic rings. The number of ketones is 1. The molecule has 49 heavy (non-hydrogen) atoms. The molecule has 0 radical (unpaired) electrons. The zero-order chi connectivity index (χ0) is 34.9. The van der Waals surface area contributed by atoms with Crippen LogP contribution in [0.4, 0.5) is 20.2 Å². The van der Waals surface area contributed by atoms with Gasteiger partial charge in [0, 0.05) is 47.6 Å². The van der Waals surface area contributed by atoms with Gasteiger partial charge in [0.2, 0.25) is 0 Å². The monoisotopic (exact) mass is 695 g/mol. The molecule has 1 saturated carbocycles. The normalized spacial score (nSPS) is 22.2. The first-order chi connectivity index (χ1) is 23.3. The van der Waals surface area contributed by atoms with Crippen molar-refractivity contribution in [1.82, 2.24) is 5.32 Å². The fourth-order valence-electron chi connectivity index (χ4n) is 6.65. The summed E-state index contributed by atoms with van der Waals surface area (Å²) in [6.45, 7) is 2.53. The van der Waals surface area contributed by atoms with Crippen molar-refractivity contribution >= 4 is 39.1 Å². The maximum absolute atomic E-state index is 13.8. The number of hydrogen-bond acceptors (Lipinski definition) is 9. The number of sulfone groups is 1. The second-order valence-electron chi connectivity index (χ2n) is 13.2. The quantitative estimate of drug-likeness (QED) is 0.141. The van der Waals surface area contributed by atoms with Crippen LogP contribution < -0.4 is 20.1 Å². The van der Waals surface area contributed by atoms with Gasteiger partial charge in [-0.2, -0.15) is 8.78 Å². The first kappa shape index (κ1) is 34.5. The highest BCUT2D eigenvalue weighted by atomic mass is 32.2. The molecule has 0 spiro atoms. The van der Waals surface area contributed by atoms with Crippen LogP contribution in [0.5, 0.6) is 11.5 Å². The van der Waals surface area contributed by atoms with E-state index in [1.807, 2.05) is 6.07 Å². The zero-order valence-electron chi connectivity index (χ0n) is 27.2. The lowest BCUT2D eigenvalue weighted by atomic mass is 9.98. The Hall–Kier alpha value is -4.36. The zero-order valence-corrected chi connectivity index (χ0v) is 28.0. The lowest BCUT2D eigenvalue weighted by Gasteiger charge is -2.29. The number of halogens is 2. The van der Waals surface area contributed by atoms with E-state index in [0.29, 0.717) is 71.9 Å². The molecule has 3 aromatic rings. The molecule has 5 atom stereocenters. The number of benzene rings is 3. The summed E-state index contributed by atoms with van der Waals surface area (Å²) in [5.74, 6) is -2.99. The summed E-state index contributed by atoms with van der Waals surface area (Å²) in [6.07, 6.45) is 2.19. The van der Waals surface area contributed by atoms with Crippen molar-refractivity contribution in [2.24, 2.45) is 17.8 Å². The summed E-state index contributed by atoms with van der Waals surface area (Å²) >= 11 is 0. The molecule has 10 nitrogen and oxygen atoms in total. The number of amides is 1. The van der Waals surface area contributed by atoms with Crippen molar-refractivity contribution in [3.63, 3.8) is 0 Å². The molecule has 0 aromatic heterocycles. The van der Waals surface area contributed by atoms with E-state index in [4.69, 9.17) is 19.6 Å². The molecule has 2 aliphatic heterocycles. The summed E-state index contributed by atoms with van der Waals surface area (Å²) in [5.41, 5.74) is 3.62. The highest BCUT2D eigenvalue weighted by Crippen LogP contribution is 2.50. The number of fused-ring (bicyclic) bond motifs is 1. The number of anilines is 2. The second-order valence-corrected chi connectivity index (χ2v) is 15.4. The third-order valence-electron chi connectivity index (χ3n) is 9.39. The van der Waals surface area contributed by atoms with Gasteiger partial charge in [0.15, 0.2) is 22.4 Å². The Morgan fingerprint density at radius 1 is 1.14 bits per heavy atom. The van der Waals surface area contributed by atoms with Crippen LogP contribution in [0.25, 0.3) is 0 Å². The molecule has 1 aliphatic carbocycles. The first-order valence-electron chi connectivity index (χ1n) is 16.2. The highest BCUT2D eigenvalue weighted by molar-refractivity contribution is 7.91. The SMILES string of the molecule is C[C@H](NC(=O)C(C)(F)F)[C@H](Oc1ccc(Nc2cccc(C(=O)CC3CC3C3CCS(=O)(=O)C3)c2)c(C=N)c1)c1ccc2c(c1)OCOC2. The van der Waals surface area contributed by atoms with E-state index >= 15 is 0 Å². The topological polar surface area (TPSA) is 144 Å². The van der Waals surface area contributed by atoms with Gasteiger partial charge < -0.3 is 30.3 Å². The Kier molecular flexibility index (Phi) is 9.76. The van der Waals surface area contributed by atoms with Crippen LogP contribution in [0, 0.1) is 23.2 Å². The van der Waals surface area contributed by atoms with Crippen LogP contribution in [0.15, 0.2) is 60.7 Å². The highest BCUT2D eigenvalue weighted by Gasteiger charge is 2.47. The third-order valence-corrected chi connectivity index (χ3v) is 11.2. The number of Topliss-reactive ketones (excluding diaryl/α,β-unsaturated/α-hetero) is 1. The number of carbonyl (C=O) groups excluding carboxylic acids is 2. The summed E-state index contributed by atoms with van der Waals surface area (Å²) in [4.78, 5) is 25.3. The standard InChI is InChI=1S/C36H39F2N3O7S/c1-21(40-35(43)36(2,37)38)34(23-6-7-24-18-46-20-47-33(24)16-23)48-29-8-9-31(27(13-29)17-39)41-28-5-3-4-22(12-28)32(42)15-26-14-30(26)25-10-11-49(44,45)19-25/h3-9,12-13,16-17,21,25-26,30,34,39,41H,10-11,14-15,18-20H2,1-2H3,(H,40,43)/t21-,25?,26?,30?,34-/m0/s1. The van der Waals surface area contributed by atoms with Gasteiger partial charge >= 0.3 is 5.92 Å². The van der Waals surface area contributed by atoms with Crippen molar-refractivity contribution in [3.05, 3.63) is 82.9 Å². The van der Waals surface area contributed by atoms with E-state index in [0.717, 1.165) is 18.2 Å². The molecule has 3 unspecified atom stereocenters. The molecule has 2 fully saturated rings. The van der Waals surface area contributed by atoms with Gasteiger partial charge in [-0.15, -0.1) is 0 Å². The molecule has 3 N–H and O–H groups in total. The molecule has 260 valence electrons. The van der Waals surface area contributed by atoms with Crippen LogP contribution >= 0.6 is 0 Å². The summed E-state index contributed by atoms with van der Waals surface area (Å²) in [6, 6.07) is 16.5. The number of hydrogen-bond donors (Lipinski definition) is 3. The Morgan fingerprint density at radius 2 is 1.96 bits per heavy atom. The minimum absolute atomic E-state index is 0.00113. The Morgan fingerprint density at radius 3 is 2.69 bits per heavy atom. The Balaban J connectivity index is 1.16. The van der Waals surface area contributed by atoms with Gasteiger partial charge in [-0.25, -0.2) is 8.42 Å². The molecular weight excluding hydrogens is 656 g/mol. The van der Waals surface area contributed by atoms with Gasteiger partial charge in [-0.1, -0.05) is 24.3 Å².